The second-order valence-electron chi connectivity index (χ2n) is 5.68. The van der Waals surface area contributed by atoms with Crippen molar-refractivity contribution in [3.05, 3.63) is 48.0 Å². The Bertz CT molecular complexity index is 613. The minimum Gasteiger partial charge on any atom is -0.327 e. The van der Waals surface area contributed by atoms with E-state index in [4.69, 9.17) is 4.99 Å². The van der Waals surface area contributed by atoms with Gasteiger partial charge in [0.05, 0.1) is 0 Å². The fraction of sp³-hybridized carbons (Fsp3) is 0.353. The minimum absolute atomic E-state index is 0. The van der Waals surface area contributed by atoms with Crippen LogP contribution in [0.25, 0.3) is 10.8 Å². The summed E-state index contributed by atoms with van der Waals surface area (Å²) >= 11 is 0. The van der Waals surface area contributed by atoms with E-state index in [2.05, 4.69) is 56.3 Å². The van der Waals surface area contributed by atoms with Gasteiger partial charge in [-0.15, -0.1) is 35.2 Å². The van der Waals surface area contributed by atoms with Gasteiger partial charge in [-0.1, -0.05) is 37.4 Å². The van der Waals surface area contributed by atoms with Crippen molar-refractivity contribution in [2.75, 3.05) is 6.54 Å². The third kappa shape index (κ3) is 2.80. The fourth-order valence-electron chi connectivity index (χ4n) is 2.75. The van der Waals surface area contributed by atoms with Gasteiger partial charge in [0.1, 0.15) is 0 Å². The number of fused-ring (bicyclic) bond motifs is 1. The van der Waals surface area contributed by atoms with Crippen molar-refractivity contribution in [1.29, 1.82) is 0 Å². The van der Waals surface area contributed by atoms with Gasteiger partial charge < -0.3 is 4.99 Å². The molecule has 0 aliphatic carbocycles. The molecular weight excluding hydrogens is 410 g/mol. The van der Waals surface area contributed by atoms with Crippen LogP contribution in [-0.2, 0) is 20.1 Å². The van der Waals surface area contributed by atoms with Gasteiger partial charge in [-0.2, -0.15) is 0 Å². The van der Waals surface area contributed by atoms with E-state index < -0.39 is 0 Å². The summed E-state index contributed by atoms with van der Waals surface area (Å²) in [6, 6.07) is 16.2. The molecule has 3 rings (SSSR count). The summed E-state index contributed by atoms with van der Waals surface area (Å²) in [6.45, 7) is 5.53. The van der Waals surface area contributed by atoms with Gasteiger partial charge in [-0.3, -0.25) is 0 Å². The van der Waals surface area contributed by atoms with Crippen molar-refractivity contribution in [1.82, 2.24) is 0 Å². The van der Waals surface area contributed by atoms with Gasteiger partial charge in [0, 0.05) is 26.7 Å². The molecule has 1 aliphatic rings. The number of nitrogens with zero attached hydrogens (tertiary/aromatic N) is 1. The first kappa shape index (κ1) is 14.4. The number of rotatable bonds is 1. The summed E-state index contributed by atoms with van der Waals surface area (Å²) < 4.78 is 0. The topological polar surface area (TPSA) is 12.4 Å². The smallest absolute Gasteiger partial charge is 0.0306 e. The molecule has 1 aliphatic heterocycles. The van der Waals surface area contributed by atoms with Crippen LogP contribution >= 0.6 is 0 Å². The molecule has 1 heterocycles. The maximum absolute atomic E-state index is 4.74. The molecule has 19 heavy (non-hydrogen) atoms. The van der Waals surface area contributed by atoms with Crippen LogP contribution in [0.5, 0.6) is 0 Å². The molecule has 0 aromatic heterocycles. The second-order valence-corrected chi connectivity index (χ2v) is 5.68. The largest absolute Gasteiger partial charge is 0.327 e. The van der Waals surface area contributed by atoms with E-state index in [0.29, 0.717) is 0 Å². The summed E-state index contributed by atoms with van der Waals surface area (Å²) in [4.78, 5) is 4.74. The van der Waals surface area contributed by atoms with Crippen molar-refractivity contribution in [3.63, 3.8) is 0 Å². The van der Waals surface area contributed by atoms with Gasteiger partial charge in [0.2, 0.25) is 0 Å². The van der Waals surface area contributed by atoms with E-state index in [-0.39, 0.29) is 25.5 Å². The van der Waals surface area contributed by atoms with Crippen LogP contribution in [0.2, 0.25) is 0 Å². The van der Waals surface area contributed by atoms with Crippen molar-refractivity contribution in [2.45, 2.75) is 26.7 Å². The van der Waals surface area contributed by atoms with E-state index in [1.807, 2.05) is 0 Å². The van der Waals surface area contributed by atoms with E-state index in [0.717, 1.165) is 6.54 Å². The Kier molecular flexibility index (Phi) is 4.22. The van der Waals surface area contributed by atoms with Gasteiger partial charge >= 0.3 is 0 Å². The predicted octanol–water partition coefficient (Wildman–Crippen LogP) is 4.25. The first-order valence-electron chi connectivity index (χ1n) is 6.63. The van der Waals surface area contributed by atoms with Gasteiger partial charge in [0.25, 0.3) is 0 Å². The molecule has 101 valence electrons. The molecule has 2 heteroatoms. The van der Waals surface area contributed by atoms with Crippen LogP contribution in [0.15, 0.2) is 41.4 Å². The first-order chi connectivity index (χ1) is 8.67. The minimum atomic E-state index is 0. The Hall–Kier alpha value is -0.981. The average molecular weight is 429 g/mol. The molecule has 0 saturated heterocycles. The first-order valence-corrected chi connectivity index (χ1v) is 6.63. The van der Waals surface area contributed by atoms with Crippen LogP contribution in [-0.4, -0.2) is 12.3 Å². The quantitative estimate of drug-likeness (QED) is 0.603. The van der Waals surface area contributed by atoms with E-state index in [9.17, 15) is 0 Å². The summed E-state index contributed by atoms with van der Waals surface area (Å²) in [7, 11) is 0. The zero-order chi connectivity index (χ0) is 12.6. The predicted molar refractivity (Wildman–Crippen MR) is 77.2 cm³/mol. The van der Waals surface area contributed by atoms with Crippen LogP contribution in [0.1, 0.15) is 32.3 Å². The Labute approximate surface area is 128 Å². The molecule has 1 radical (unpaired) electrons. The molecular formula is C17H18IrN-. The second kappa shape index (κ2) is 5.56. The zero-order valence-corrected chi connectivity index (χ0v) is 13.8. The summed E-state index contributed by atoms with van der Waals surface area (Å²) in [5.41, 5.74) is 2.56. The Morgan fingerprint density at radius 2 is 1.89 bits per heavy atom. The summed E-state index contributed by atoms with van der Waals surface area (Å²) in [5, 5.41) is 2.43. The SMILES string of the molecule is CC1(C)CCCN=C1c1[c-]c2ccccc2cc1.[Ir]. The van der Waals surface area contributed by atoms with Crippen molar-refractivity contribution in [2.24, 2.45) is 10.4 Å². The molecule has 1 nitrogen and oxygen atoms in total. The third-order valence-corrected chi connectivity index (χ3v) is 3.79. The molecule has 0 amide bonds. The van der Waals surface area contributed by atoms with Crippen molar-refractivity contribution in [3.8, 4) is 0 Å². The van der Waals surface area contributed by atoms with Crippen LogP contribution in [0, 0.1) is 11.5 Å². The molecule has 0 N–H and O–H groups in total. The van der Waals surface area contributed by atoms with Crippen molar-refractivity contribution >= 4 is 16.5 Å². The molecule has 2 aromatic carbocycles. The normalized spacial score (nSPS) is 17.7. The van der Waals surface area contributed by atoms with Gasteiger partial charge in [0.15, 0.2) is 0 Å². The number of benzene rings is 2. The van der Waals surface area contributed by atoms with Crippen LogP contribution < -0.4 is 0 Å². The van der Waals surface area contributed by atoms with Crippen LogP contribution in [0.4, 0.5) is 0 Å². The van der Waals surface area contributed by atoms with Crippen molar-refractivity contribution < 1.29 is 20.1 Å². The molecule has 0 saturated carbocycles. The van der Waals surface area contributed by atoms with Crippen LogP contribution in [0.3, 0.4) is 0 Å². The fourth-order valence-corrected chi connectivity index (χ4v) is 2.75. The monoisotopic (exact) mass is 429 g/mol. The maximum Gasteiger partial charge on any atom is 0.0306 e. The van der Waals surface area contributed by atoms with E-state index in [1.54, 1.807) is 0 Å². The molecule has 0 spiro atoms. The molecule has 2 aromatic rings. The molecule has 0 bridgehead atoms. The Morgan fingerprint density at radius 3 is 2.68 bits per heavy atom. The van der Waals surface area contributed by atoms with E-state index in [1.165, 1.54) is 34.9 Å². The van der Waals surface area contributed by atoms with Gasteiger partial charge in [-0.05, 0) is 24.0 Å². The third-order valence-electron chi connectivity index (χ3n) is 3.79. The molecule has 0 fully saturated rings. The average Bonchev–Trinajstić information content (AvgIpc) is 2.38. The summed E-state index contributed by atoms with van der Waals surface area (Å²) in [6.07, 6.45) is 2.41. The van der Waals surface area contributed by atoms with Gasteiger partial charge in [-0.25, -0.2) is 0 Å². The number of hydrogen-bond donors (Lipinski definition) is 0. The standard InChI is InChI=1S/C17H18N.Ir/c1-17(2)10-5-11-18-16(17)15-9-8-13-6-3-4-7-14(13)12-15;/h3-4,6-9H,5,10-11H2,1-2H3;/q-1;. The molecule has 0 atom stereocenters. The maximum atomic E-state index is 4.74. The summed E-state index contributed by atoms with van der Waals surface area (Å²) in [5.74, 6) is 0. The molecule has 0 unspecified atom stereocenters. The van der Waals surface area contributed by atoms with E-state index >= 15 is 0 Å². The Morgan fingerprint density at radius 1 is 1.11 bits per heavy atom. The Balaban J connectivity index is 0.00000133. The number of hydrogen-bond acceptors (Lipinski definition) is 1. The number of aliphatic imine (C=N–C) groups is 1. The zero-order valence-electron chi connectivity index (χ0n) is 11.4.